The molecule has 0 bridgehead atoms. The summed E-state index contributed by atoms with van der Waals surface area (Å²) in [6, 6.07) is 0. The van der Waals surface area contributed by atoms with Gasteiger partial charge in [-0.15, -0.1) is 0 Å². The second kappa shape index (κ2) is 12.4. The first-order chi connectivity index (χ1) is 12.7. The molecule has 0 N–H and O–H groups in total. The van der Waals surface area contributed by atoms with E-state index in [1.165, 1.54) is 17.1 Å². The van der Waals surface area contributed by atoms with E-state index >= 15 is 0 Å². The fourth-order valence-electron chi connectivity index (χ4n) is 3.01. The Morgan fingerprint density at radius 2 is 1.69 bits per heavy atom. The molecule has 5 nitrogen and oxygen atoms in total. The van der Waals surface area contributed by atoms with Crippen molar-refractivity contribution in [1.82, 2.24) is 14.7 Å². The molecule has 2 amide bonds. The van der Waals surface area contributed by atoms with Crippen molar-refractivity contribution in [3.8, 4) is 0 Å². The van der Waals surface area contributed by atoms with E-state index in [1.54, 1.807) is 6.08 Å². The number of carbonyl (C=O) groups is 2. The molecular formula is C20H32FN3O2. The molecule has 146 valence electrons. The highest BCUT2D eigenvalue weighted by Crippen LogP contribution is 2.13. The van der Waals surface area contributed by atoms with Crippen LogP contribution in [0.3, 0.4) is 0 Å². The third-order valence-corrected chi connectivity index (χ3v) is 4.29. The lowest BCUT2D eigenvalue weighted by Gasteiger charge is -2.37. The highest BCUT2D eigenvalue weighted by Gasteiger charge is 2.23. The van der Waals surface area contributed by atoms with E-state index in [9.17, 15) is 14.0 Å². The Bertz CT molecular complexity index is 517. The van der Waals surface area contributed by atoms with Crippen LogP contribution in [-0.2, 0) is 9.59 Å². The first-order valence-electron chi connectivity index (χ1n) is 9.59. The second-order valence-electron chi connectivity index (χ2n) is 5.94. The lowest BCUT2D eigenvalue weighted by atomic mass is 10.2. The molecule has 0 atom stereocenters. The fraction of sp³-hybridized carbons (Fsp3) is 0.600. The highest BCUT2D eigenvalue weighted by atomic mass is 19.1. The second-order valence-corrected chi connectivity index (χ2v) is 5.94. The first kappa shape index (κ1) is 22.1. The van der Waals surface area contributed by atoms with Crippen molar-refractivity contribution in [2.75, 3.05) is 45.9 Å². The van der Waals surface area contributed by atoms with Crippen LogP contribution in [-0.4, -0.2) is 72.5 Å². The van der Waals surface area contributed by atoms with Gasteiger partial charge >= 0.3 is 0 Å². The molecule has 2 rings (SSSR count). The highest BCUT2D eigenvalue weighted by molar-refractivity contribution is 6.12. The van der Waals surface area contributed by atoms with Gasteiger partial charge in [0, 0.05) is 50.6 Å². The van der Waals surface area contributed by atoms with E-state index in [0.717, 1.165) is 51.3 Å². The van der Waals surface area contributed by atoms with Crippen LogP contribution in [0, 0.1) is 0 Å². The number of imide groups is 1. The lowest BCUT2D eigenvalue weighted by molar-refractivity contribution is -0.136. The van der Waals surface area contributed by atoms with Gasteiger partial charge in [0.15, 0.2) is 0 Å². The summed E-state index contributed by atoms with van der Waals surface area (Å²) in [5.41, 5.74) is 1.09. The van der Waals surface area contributed by atoms with Crippen molar-refractivity contribution < 1.29 is 14.0 Å². The molecule has 0 spiro atoms. The Morgan fingerprint density at radius 3 is 2.23 bits per heavy atom. The van der Waals surface area contributed by atoms with Crippen LogP contribution in [0.15, 0.2) is 36.1 Å². The number of rotatable bonds is 8. The maximum absolute atomic E-state index is 12.3. The third-order valence-electron chi connectivity index (χ3n) is 4.29. The Balaban J connectivity index is 0.00000163. The maximum atomic E-state index is 12.3. The van der Waals surface area contributed by atoms with Crippen LogP contribution in [0.5, 0.6) is 0 Å². The number of alkyl halides is 1. The Morgan fingerprint density at radius 1 is 1.08 bits per heavy atom. The molecule has 2 heterocycles. The minimum absolute atomic E-state index is 0.209. The van der Waals surface area contributed by atoms with Crippen molar-refractivity contribution in [2.45, 2.75) is 33.6 Å². The average Bonchev–Trinajstić information content (AvgIpc) is 2.99. The van der Waals surface area contributed by atoms with E-state index in [0.29, 0.717) is 6.54 Å². The number of piperazine rings is 1. The van der Waals surface area contributed by atoms with Crippen molar-refractivity contribution in [3.05, 3.63) is 36.1 Å². The van der Waals surface area contributed by atoms with Gasteiger partial charge in [0.05, 0.1) is 0 Å². The van der Waals surface area contributed by atoms with Gasteiger partial charge in [-0.25, -0.2) is 4.39 Å². The zero-order valence-corrected chi connectivity index (χ0v) is 16.3. The first-order valence-corrected chi connectivity index (χ1v) is 9.59. The van der Waals surface area contributed by atoms with Crippen LogP contribution < -0.4 is 0 Å². The van der Waals surface area contributed by atoms with Gasteiger partial charge in [0.1, 0.15) is 6.67 Å². The van der Waals surface area contributed by atoms with Crippen molar-refractivity contribution >= 4 is 11.8 Å². The number of carbonyl (C=O) groups excluding carboxylic acids is 2. The normalized spacial score (nSPS) is 18.7. The summed E-state index contributed by atoms with van der Waals surface area (Å²) in [5.74, 6) is -0.419. The van der Waals surface area contributed by atoms with Gasteiger partial charge in [0.25, 0.3) is 11.8 Å². The molecule has 2 aliphatic rings. The quantitative estimate of drug-likeness (QED) is 0.490. The molecule has 0 unspecified atom stereocenters. The maximum Gasteiger partial charge on any atom is 0.253 e. The number of amides is 2. The summed E-state index contributed by atoms with van der Waals surface area (Å²) in [5, 5.41) is 0. The smallest absolute Gasteiger partial charge is 0.253 e. The summed E-state index contributed by atoms with van der Waals surface area (Å²) in [6.45, 7) is 10.7. The third kappa shape index (κ3) is 6.75. The van der Waals surface area contributed by atoms with Crippen LogP contribution in [0.2, 0.25) is 0 Å². The SMILES string of the molecule is CC.CC/C=C(\C=C/CF)N1CCN(CCCN2C(=O)C=CC2=O)CC1. The molecule has 1 fully saturated rings. The molecule has 0 radical (unpaired) electrons. The van der Waals surface area contributed by atoms with Gasteiger partial charge < -0.3 is 4.90 Å². The minimum atomic E-state index is -0.441. The zero-order valence-electron chi connectivity index (χ0n) is 16.3. The summed E-state index contributed by atoms with van der Waals surface area (Å²) in [4.78, 5) is 28.9. The van der Waals surface area contributed by atoms with Crippen LogP contribution in [0.1, 0.15) is 33.6 Å². The average molecular weight is 365 g/mol. The van der Waals surface area contributed by atoms with E-state index in [2.05, 4.69) is 22.8 Å². The molecule has 2 aliphatic heterocycles. The van der Waals surface area contributed by atoms with Gasteiger partial charge in [-0.05, 0) is 25.5 Å². The predicted molar refractivity (Wildman–Crippen MR) is 103 cm³/mol. The number of allylic oxidation sites excluding steroid dienone is 3. The Hall–Kier alpha value is -1.95. The molecule has 0 aromatic heterocycles. The Labute approximate surface area is 156 Å². The van der Waals surface area contributed by atoms with Crippen LogP contribution >= 0.6 is 0 Å². The van der Waals surface area contributed by atoms with Crippen molar-refractivity contribution in [3.63, 3.8) is 0 Å². The van der Waals surface area contributed by atoms with Crippen LogP contribution in [0.4, 0.5) is 4.39 Å². The minimum Gasteiger partial charge on any atom is -0.369 e. The number of nitrogens with zero attached hydrogens (tertiary/aromatic N) is 3. The number of halogens is 1. The standard InChI is InChI=1S/C18H26FN3O2.C2H6/c1-2-5-16(6-3-9-19)21-14-12-20(13-15-21)10-4-11-22-17(23)7-8-18(22)24;1-2/h3,5-8H,2,4,9-15H2,1H3;1-2H3/b6-3-,16-5+;. The summed E-state index contributed by atoms with van der Waals surface area (Å²) in [7, 11) is 0. The van der Waals surface area contributed by atoms with Gasteiger partial charge in [-0.2, -0.15) is 0 Å². The largest absolute Gasteiger partial charge is 0.369 e. The van der Waals surface area contributed by atoms with E-state index in [-0.39, 0.29) is 11.8 Å². The van der Waals surface area contributed by atoms with Gasteiger partial charge in [-0.3, -0.25) is 19.4 Å². The molecule has 0 aromatic carbocycles. The topological polar surface area (TPSA) is 43.9 Å². The predicted octanol–water partition coefficient (Wildman–Crippen LogP) is 2.76. The molecule has 0 aromatic rings. The zero-order chi connectivity index (χ0) is 19.4. The molecule has 26 heavy (non-hydrogen) atoms. The van der Waals surface area contributed by atoms with E-state index in [1.807, 2.05) is 19.9 Å². The summed E-state index contributed by atoms with van der Waals surface area (Å²) >= 11 is 0. The fourth-order valence-corrected chi connectivity index (χ4v) is 3.01. The summed E-state index contributed by atoms with van der Waals surface area (Å²) < 4.78 is 12.3. The van der Waals surface area contributed by atoms with Crippen molar-refractivity contribution in [2.24, 2.45) is 0 Å². The number of hydrogen-bond acceptors (Lipinski definition) is 4. The monoisotopic (exact) mass is 365 g/mol. The molecular weight excluding hydrogens is 333 g/mol. The lowest BCUT2D eigenvalue weighted by Crippen LogP contribution is -2.46. The molecule has 6 heteroatoms. The van der Waals surface area contributed by atoms with Crippen LogP contribution in [0.25, 0.3) is 0 Å². The summed E-state index contributed by atoms with van der Waals surface area (Å²) in [6.07, 6.45) is 9.90. The molecule has 0 aliphatic carbocycles. The van der Waals surface area contributed by atoms with Gasteiger partial charge in [-0.1, -0.05) is 32.9 Å². The Kier molecular flexibility index (Phi) is 10.5. The number of hydrogen-bond donors (Lipinski definition) is 0. The molecule has 1 saturated heterocycles. The van der Waals surface area contributed by atoms with Crippen molar-refractivity contribution in [1.29, 1.82) is 0 Å². The van der Waals surface area contributed by atoms with E-state index < -0.39 is 6.67 Å². The molecule has 0 saturated carbocycles. The van der Waals surface area contributed by atoms with E-state index in [4.69, 9.17) is 0 Å². The van der Waals surface area contributed by atoms with Gasteiger partial charge in [0.2, 0.25) is 0 Å².